The maximum atomic E-state index is 11.6. The van der Waals surface area contributed by atoms with Crippen molar-refractivity contribution < 1.29 is 9.53 Å². The molecule has 0 aliphatic carbocycles. The molecule has 0 bridgehead atoms. The van der Waals surface area contributed by atoms with E-state index in [1.54, 1.807) is 6.21 Å². The summed E-state index contributed by atoms with van der Waals surface area (Å²) in [6, 6.07) is 15.5. The van der Waals surface area contributed by atoms with Crippen LogP contribution < -0.4 is 10.2 Å². The summed E-state index contributed by atoms with van der Waals surface area (Å²) in [5.41, 5.74) is 4.56. The van der Waals surface area contributed by atoms with Crippen LogP contribution in [0.1, 0.15) is 11.1 Å². The molecule has 0 saturated heterocycles. The van der Waals surface area contributed by atoms with Crippen LogP contribution in [-0.2, 0) is 11.2 Å². The average Bonchev–Trinajstić information content (AvgIpc) is 2.52. The zero-order valence-corrected chi connectivity index (χ0v) is 13.8. The van der Waals surface area contributed by atoms with Crippen molar-refractivity contribution in [1.29, 1.82) is 0 Å². The molecule has 2 aromatic carbocycles. The maximum Gasteiger partial charge on any atom is 0.277 e. The van der Waals surface area contributed by atoms with E-state index >= 15 is 0 Å². The van der Waals surface area contributed by atoms with Crippen molar-refractivity contribution in [1.82, 2.24) is 5.43 Å². The van der Waals surface area contributed by atoms with Crippen molar-refractivity contribution in [3.63, 3.8) is 0 Å². The molecule has 0 aliphatic heterocycles. The molecule has 0 spiro atoms. The van der Waals surface area contributed by atoms with Gasteiger partial charge in [0.05, 0.1) is 0 Å². The smallest absolute Gasteiger partial charge is 0.277 e. The van der Waals surface area contributed by atoms with Crippen molar-refractivity contribution >= 4 is 28.1 Å². The fourth-order valence-corrected chi connectivity index (χ4v) is 2.31. The number of carbonyl (C=O) groups excluding carboxylic acids is 1. The van der Waals surface area contributed by atoms with E-state index in [2.05, 4.69) is 26.5 Å². The average molecular weight is 361 g/mol. The molecular weight excluding hydrogens is 344 g/mol. The van der Waals surface area contributed by atoms with Crippen LogP contribution >= 0.6 is 15.9 Å². The van der Waals surface area contributed by atoms with Gasteiger partial charge in [-0.2, -0.15) is 5.10 Å². The highest BCUT2D eigenvalue weighted by molar-refractivity contribution is 9.10. The van der Waals surface area contributed by atoms with Gasteiger partial charge in [-0.05, 0) is 36.2 Å². The van der Waals surface area contributed by atoms with Crippen molar-refractivity contribution in [2.45, 2.75) is 13.3 Å². The molecule has 0 heterocycles. The highest BCUT2D eigenvalue weighted by Crippen LogP contribution is 2.21. The number of amides is 1. The molecule has 0 unspecified atom stereocenters. The molecule has 0 radical (unpaired) electrons. The van der Waals surface area contributed by atoms with Crippen molar-refractivity contribution in [3.8, 4) is 5.75 Å². The number of ether oxygens (including phenoxy) is 1. The van der Waals surface area contributed by atoms with Gasteiger partial charge in [0.15, 0.2) is 6.61 Å². The van der Waals surface area contributed by atoms with Gasteiger partial charge in [0, 0.05) is 17.1 Å². The van der Waals surface area contributed by atoms with Crippen LogP contribution in [0, 0.1) is 6.92 Å². The second-order valence-electron chi connectivity index (χ2n) is 4.73. The fourth-order valence-electron chi connectivity index (χ4n) is 1.83. The van der Waals surface area contributed by atoms with Gasteiger partial charge in [-0.1, -0.05) is 46.3 Å². The second kappa shape index (κ2) is 8.34. The molecule has 114 valence electrons. The lowest BCUT2D eigenvalue weighted by molar-refractivity contribution is -0.123. The van der Waals surface area contributed by atoms with E-state index < -0.39 is 0 Å². The molecule has 5 heteroatoms. The lowest BCUT2D eigenvalue weighted by Crippen LogP contribution is -2.24. The minimum atomic E-state index is -0.286. The van der Waals surface area contributed by atoms with Gasteiger partial charge >= 0.3 is 0 Å². The van der Waals surface area contributed by atoms with Gasteiger partial charge in [-0.25, -0.2) is 5.43 Å². The summed E-state index contributed by atoms with van der Waals surface area (Å²) in [4.78, 5) is 11.6. The zero-order chi connectivity index (χ0) is 15.8. The summed E-state index contributed by atoms with van der Waals surface area (Å²) in [7, 11) is 0. The fraction of sp³-hybridized carbons (Fsp3) is 0.176. The summed E-state index contributed by atoms with van der Waals surface area (Å²) < 4.78 is 6.44. The highest BCUT2D eigenvalue weighted by atomic mass is 79.9. The van der Waals surface area contributed by atoms with Gasteiger partial charge in [-0.3, -0.25) is 4.79 Å². The molecule has 1 amide bonds. The first-order valence-corrected chi connectivity index (χ1v) is 7.67. The largest absolute Gasteiger partial charge is 0.483 e. The SMILES string of the molecule is Cc1cc(Br)ccc1OCC(=O)N/N=C/Cc1ccccc1. The molecule has 1 N–H and O–H groups in total. The van der Waals surface area contributed by atoms with Crippen LogP contribution in [0.3, 0.4) is 0 Å². The number of benzene rings is 2. The van der Waals surface area contributed by atoms with Crippen LogP contribution in [0.15, 0.2) is 58.1 Å². The lowest BCUT2D eigenvalue weighted by atomic mass is 10.2. The van der Waals surface area contributed by atoms with Crippen LogP contribution in [0.4, 0.5) is 0 Å². The summed E-state index contributed by atoms with van der Waals surface area (Å²) in [5, 5.41) is 3.90. The first kappa shape index (κ1) is 16.2. The molecule has 0 saturated carbocycles. The standard InChI is InChI=1S/C17H17BrN2O2/c1-13-11-15(18)7-8-16(13)22-12-17(21)20-19-10-9-14-5-3-2-4-6-14/h2-8,10-11H,9,12H2,1H3,(H,20,21)/b19-10+. The molecule has 4 nitrogen and oxygen atoms in total. The Bertz CT molecular complexity index is 657. The van der Waals surface area contributed by atoms with Gasteiger partial charge in [-0.15, -0.1) is 0 Å². The van der Waals surface area contributed by atoms with Gasteiger partial charge in [0.2, 0.25) is 0 Å². The molecule has 22 heavy (non-hydrogen) atoms. The van der Waals surface area contributed by atoms with Crippen LogP contribution in [0.5, 0.6) is 5.75 Å². The van der Waals surface area contributed by atoms with E-state index in [0.29, 0.717) is 12.2 Å². The highest BCUT2D eigenvalue weighted by Gasteiger charge is 2.04. The molecule has 0 aliphatic rings. The summed E-state index contributed by atoms with van der Waals surface area (Å²) in [6.45, 7) is 1.86. The minimum absolute atomic E-state index is 0.0643. The predicted octanol–water partition coefficient (Wildman–Crippen LogP) is 3.48. The van der Waals surface area contributed by atoms with Crippen molar-refractivity contribution in [2.24, 2.45) is 5.10 Å². The van der Waals surface area contributed by atoms with E-state index in [1.165, 1.54) is 0 Å². The topological polar surface area (TPSA) is 50.7 Å². The number of hydrogen-bond acceptors (Lipinski definition) is 3. The Hall–Kier alpha value is -2.14. The lowest BCUT2D eigenvalue weighted by Gasteiger charge is -2.08. The molecular formula is C17H17BrN2O2. The number of rotatable bonds is 6. The molecule has 0 fully saturated rings. The van der Waals surface area contributed by atoms with Gasteiger partial charge in [0.1, 0.15) is 5.75 Å². The van der Waals surface area contributed by atoms with Crippen LogP contribution in [0.25, 0.3) is 0 Å². The number of hydrazone groups is 1. The molecule has 0 atom stereocenters. The first-order chi connectivity index (χ1) is 10.6. The summed E-state index contributed by atoms with van der Waals surface area (Å²) in [5.74, 6) is 0.401. The normalized spacial score (nSPS) is 10.6. The van der Waals surface area contributed by atoms with Crippen molar-refractivity contribution in [3.05, 3.63) is 64.1 Å². The number of nitrogens with zero attached hydrogens (tertiary/aromatic N) is 1. The van der Waals surface area contributed by atoms with Gasteiger partial charge in [0.25, 0.3) is 5.91 Å². The second-order valence-corrected chi connectivity index (χ2v) is 5.65. The van der Waals surface area contributed by atoms with Gasteiger partial charge < -0.3 is 4.74 Å². The molecule has 2 rings (SSSR count). The minimum Gasteiger partial charge on any atom is -0.483 e. The zero-order valence-electron chi connectivity index (χ0n) is 12.3. The maximum absolute atomic E-state index is 11.6. The van der Waals surface area contributed by atoms with E-state index in [-0.39, 0.29) is 12.5 Å². The van der Waals surface area contributed by atoms with E-state index in [9.17, 15) is 4.79 Å². The van der Waals surface area contributed by atoms with Crippen LogP contribution in [0.2, 0.25) is 0 Å². The van der Waals surface area contributed by atoms with E-state index in [4.69, 9.17) is 4.74 Å². The molecule has 2 aromatic rings. The number of halogens is 1. The van der Waals surface area contributed by atoms with E-state index in [1.807, 2.05) is 55.5 Å². The van der Waals surface area contributed by atoms with Crippen LogP contribution in [-0.4, -0.2) is 18.7 Å². The Morgan fingerprint density at radius 3 is 2.77 bits per heavy atom. The number of nitrogens with one attached hydrogen (secondary N) is 1. The predicted molar refractivity (Wildman–Crippen MR) is 91.2 cm³/mol. The Labute approximate surface area is 138 Å². The summed E-state index contributed by atoms with van der Waals surface area (Å²) in [6.07, 6.45) is 2.34. The first-order valence-electron chi connectivity index (χ1n) is 6.88. The third-order valence-corrected chi connectivity index (χ3v) is 3.44. The van der Waals surface area contributed by atoms with Crippen molar-refractivity contribution in [2.75, 3.05) is 6.61 Å². The Morgan fingerprint density at radius 1 is 1.27 bits per heavy atom. The monoisotopic (exact) mass is 360 g/mol. The Balaban J connectivity index is 1.74. The third kappa shape index (κ3) is 5.33. The Morgan fingerprint density at radius 2 is 2.05 bits per heavy atom. The Kier molecular flexibility index (Phi) is 6.15. The summed E-state index contributed by atoms with van der Waals surface area (Å²) >= 11 is 3.38. The quantitative estimate of drug-likeness (QED) is 0.633. The number of aryl methyl sites for hydroxylation is 1. The number of carbonyl (C=O) groups is 1. The molecule has 0 aromatic heterocycles. The number of hydrogen-bond donors (Lipinski definition) is 1. The van der Waals surface area contributed by atoms with E-state index in [0.717, 1.165) is 15.6 Å². The third-order valence-electron chi connectivity index (χ3n) is 2.95.